The zero-order valence-corrected chi connectivity index (χ0v) is 23.7. The standard InChI is InChI=1S/C27H42N4O8/c1-7-38-22(34)12-13-29-24(35)23(19-9-8-17(2)16-18(19)3)31(14-15-32)25(36)20(10-11-21(28)33)30-26(37)39-27(4,5)6/h8-9,16,20,23,32H,7,10-15H2,1-6H3,(H2,28,33)(H,29,35)(H,30,37). The number of nitrogens with one attached hydrogen (secondary N) is 2. The summed E-state index contributed by atoms with van der Waals surface area (Å²) in [4.78, 5) is 64.3. The van der Waals surface area contributed by atoms with Crippen molar-refractivity contribution >= 4 is 29.8 Å². The summed E-state index contributed by atoms with van der Waals surface area (Å²) in [5.74, 6) is -2.49. The molecule has 0 aliphatic heterocycles. The van der Waals surface area contributed by atoms with Gasteiger partial charge in [-0.05, 0) is 59.1 Å². The van der Waals surface area contributed by atoms with E-state index in [1.807, 2.05) is 13.0 Å². The molecule has 2 atom stereocenters. The molecular formula is C27H42N4O8. The number of rotatable bonds is 14. The minimum absolute atomic E-state index is 0.0402. The van der Waals surface area contributed by atoms with Crippen LogP contribution in [0.2, 0.25) is 0 Å². The van der Waals surface area contributed by atoms with E-state index < -0.39 is 54.1 Å². The molecule has 0 spiro atoms. The van der Waals surface area contributed by atoms with E-state index in [4.69, 9.17) is 15.2 Å². The largest absolute Gasteiger partial charge is 0.466 e. The second-order valence-corrected chi connectivity index (χ2v) is 10.1. The zero-order valence-electron chi connectivity index (χ0n) is 23.7. The maximum Gasteiger partial charge on any atom is 0.408 e. The molecule has 5 N–H and O–H groups in total. The molecule has 0 saturated heterocycles. The number of esters is 1. The minimum Gasteiger partial charge on any atom is -0.466 e. The molecule has 0 fully saturated rings. The van der Waals surface area contributed by atoms with Gasteiger partial charge in [0.05, 0.1) is 19.6 Å². The van der Waals surface area contributed by atoms with Gasteiger partial charge < -0.3 is 35.8 Å². The fraction of sp³-hybridized carbons (Fsp3) is 0.593. The topological polar surface area (TPSA) is 177 Å². The van der Waals surface area contributed by atoms with Crippen LogP contribution in [0, 0.1) is 13.8 Å². The van der Waals surface area contributed by atoms with Crippen molar-refractivity contribution in [2.24, 2.45) is 5.73 Å². The SMILES string of the molecule is CCOC(=O)CCNC(=O)C(c1ccc(C)cc1C)N(CCO)C(=O)C(CCC(N)=O)NC(=O)OC(C)(C)C. The van der Waals surface area contributed by atoms with Gasteiger partial charge in [0.15, 0.2) is 0 Å². The number of hydrogen-bond acceptors (Lipinski definition) is 8. The molecule has 4 amide bonds. The van der Waals surface area contributed by atoms with Crippen LogP contribution in [0.15, 0.2) is 18.2 Å². The van der Waals surface area contributed by atoms with E-state index in [1.54, 1.807) is 46.8 Å². The summed E-state index contributed by atoms with van der Waals surface area (Å²) in [6.07, 6.45) is -1.34. The van der Waals surface area contributed by atoms with E-state index in [0.717, 1.165) is 10.5 Å². The normalized spacial score (nSPS) is 12.6. The predicted molar refractivity (Wildman–Crippen MR) is 143 cm³/mol. The number of hydrogen-bond donors (Lipinski definition) is 4. The number of benzene rings is 1. The highest BCUT2D eigenvalue weighted by Crippen LogP contribution is 2.27. The van der Waals surface area contributed by atoms with E-state index >= 15 is 0 Å². The Morgan fingerprint density at radius 3 is 2.31 bits per heavy atom. The van der Waals surface area contributed by atoms with Gasteiger partial charge in [0, 0.05) is 19.5 Å². The highest BCUT2D eigenvalue weighted by molar-refractivity contribution is 5.92. The summed E-state index contributed by atoms with van der Waals surface area (Å²) in [7, 11) is 0. The van der Waals surface area contributed by atoms with Crippen molar-refractivity contribution in [3.05, 3.63) is 34.9 Å². The molecule has 0 heterocycles. The van der Waals surface area contributed by atoms with Gasteiger partial charge in [-0.1, -0.05) is 23.8 Å². The molecule has 0 saturated carbocycles. The highest BCUT2D eigenvalue weighted by Gasteiger charge is 2.36. The molecule has 12 heteroatoms. The van der Waals surface area contributed by atoms with Crippen molar-refractivity contribution in [2.45, 2.75) is 78.5 Å². The first-order valence-electron chi connectivity index (χ1n) is 12.9. The second-order valence-electron chi connectivity index (χ2n) is 10.1. The van der Waals surface area contributed by atoms with Gasteiger partial charge in [-0.2, -0.15) is 0 Å². The van der Waals surface area contributed by atoms with E-state index in [9.17, 15) is 29.1 Å². The molecule has 1 aromatic rings. The number of amides is 4. The molecule has 1 aromatic carbocycles. The minimum atomic E-state index is -1.28. The van der Waals surface area contributed by atoms with Crippen LogP contribution in [0.1, 0.15) is 69.7 Å². The van der Waals surface area contributed by atoms with Gasteiger partial charge in [-0.15, -0.1) is 0 Å². The number of alkyl carbamates (subject to hydrolysis) is 1. The van der Waals surface area contributed by atoms with Gasteiger partial charge in [0.25, 0.3) is 0 Å². The Balaban J connectivity index is 3.44. The van der Waals surface area contributed by atoms with Gasteiger partial charge in [-0.3, -0.25) is 19.2 Å². The van der Waals surface area contributed by atoms with E-state index in [2.05, 4.69) is 10.6 Å². The van der Waals surface area contributed by atoms with Crippen molar-refractivity contribution < 1.29 is 38.6 Å². The molecule has 2 unspecified atom stereocenters. The number of carbonyl (C=O) groups excluding carboxylic acids is 5. The Morgan fingerprint density at radius 1 is 1.10 bits per heavy atom. The lowest BCUT2D eigenvalue weighted by atomic mass is 9.96. The van der Waals surface area contributed by atoms with Crippen LogP contribution < -0.4 is 16.4 Å². The van der Waals surface area contributed by atoms with Crippen LogP contribution in [0.3, 0.4) is 0 Å². The van der Waals surface area contributed by atoms with E-state index in [0.29, 0.717) is 11.1 Å². The summed E-state index contributed by atoms with van der Waals surface area (Å²) in [6.45, 7) is 9.72. The van der Waals surface area contributed by atoms with Crippen molar-refractivity contribution in [3.8, 4) is 0 Å². The Bertz CT molecular complexity index is 1020. The van der Waals surface area contributed by atoms with Crippen molar-refractivity contribution in [1.82, 2.24) is 15.5 Å². The average Bonchev–Trinajstić information content (AvgIpc) is 2.81. The number of nitrogens with two attached hydrogens (primary N) is 1. The number of primary amides is 1. The van der Waals surface area contributed by atoms with Gasteiger partial charge >= 0.3 is 12.1 Å². The quantitative estimate of drug-likeness (QED) is 0.251. The third-order valence-corrected chi connectivity index (χ3v) is 5.51. The molecule has 12 nitrogen and oxygen atoms in total. The third kappa shape index (κ3) is 11.7. The Hall–Kier alpha value is -3.67. The number of carbonyl (C=O) groups is 5. The van der Waals surface area contributed by atoms with Crippen LogP contribution in [0.5, 0.6) is 0 Å². The summed E-state index contributed by atoms with van der Waals surface area (Å²) in [6, 6.07) is 2.84. The van der Waals surface area contributed by atoms with Crippen LogP contribution in [-0.4, -0.2) is 77.7 Å². The first-order chi connectivity index (χ1) is 18.2. The molecule has 0 aliphatic carbocycles. The van der Waals surface area contributed by atoms with Crippen molar-refractivity contribution in [2.75, 3.05) is 26.3 Å². The van der Waals surface area contributed by atoms with Crippen LogP contribution in [0.4, 0.5) is 4.79 Å². The van der Waals surface area contributed by atoms with Gasteiger partial charge in [0.2, 0.25) is 17.7 Å². The second kappa shape index (κ2) is 15.7. The van der Waals surface area contributed by atoms with Crippen molar-refractivity contribution in [3.63, 3.8) is 0 Å². The van der Waals surface area contributed by atoms with Crippen molar-refractivity contribution in [1.29, 1.82) is 0 Å². The molecule has 0 bridgehead atoms. The summed E-state index contributed by atoms with van der Waals surface area (Å²) in [5.41, 5.74) is 6.57. The first kappa shape index (κ1) is 33.4. The summed E-state index contributed by atoms with van der Waals surface area (Å²) in [5, 5.41) is 15.0. The lowest BCUT2D eigenvalue weighted by Crippen LogP contribution is -2.54. The Labute approximate surface area is 229 Å². The average molecular weight is 551 g/mol. The lowest BCUT2D eigenvalue weighted by Gasteiger charge is -2.34. The molecule has 0 aromatic heterocycles. The number of ether oxygens (including phenoxy) is 2. The van der Waals surface area contributed by atoms with E-state index in [-0.39, 0.29) is 39.0 Å². The molecule has 39 heavy (non-hydrogen) atoms. The number of aryl methyl sites for hydroxylation is 2. The predicted octanol–water partition coefficient (Wildman–Crippen LogP) is 1.39. The Morgan fingerprint density at radius 2 is 1.77 bits per heavy atom. The monoisotopic (exact) mass is 550 g/mol. The summed E-state index contributed by atoms with van der Waals surface area (Å²) < 4.78 is 10.2. The maximum atomic E-state index is 13.8. The fourth-order valence-corrected chi connectivity index (χ4v) is 3.87. The van der Waals surface area contributed by atoms with Gasteiger partial charge in [0.1, 0.15) is 17.7 Å². The zero-order chi connectivity index (χ0) is 29.8. The molecular weight excluding hydrogens is 508 g/mol. The number of aliphatic hydroxyl groups is 1. The molecule has 218 valence electrons. The maximum absolute atomic E-state index is 13.8. The number of nitrogens with zero attached hydrogens (tertiary/aromatic N) is 1. The molecule has 0 aliphatic rings. The highest BCUT2D eigenvalue weighted by atomic mass is 16.6. The lowest BCUT2D eigenvalue weighted by molar-refractivity contribution is -0.144. The Kier molecular flexibility index (Phi) is 13.4. The smallest absolute Gasteiger partial charge is 0.408 e. The first-order valence-corrected chi connectivity index (χ1v) is 12.9. The molecule has 0 radical (unpaired) electrons. The van der Waals surface area contributed by atoms with Crippen LogP contribution >= 0.6 is 0 Å². The van der Waals surface area contributed by atoms with Crippen LogP contribution in [0.25, 0.3) is 0 Å². The molecule has 1 rings (SSSR count). The van der Waals surface area contributed by atoms with Gasteiger partial charge in [-0.25, -0.2) is 4.79 Å². The van der Waals surface area contributed by atoms with E-state index in [1.165, 1.54) is 0 Å². The summed E-state index contributed by atoms with van der Waals surface area (Å²) >= 11 is 0. The number of aliphatic hydroxyl groups excluding tert-OH is 1. The van der Waals surface area contributed by atoms with Crippen LogP contribution in [-0.2, 0) is 28.7 Å². The fourth-order valence-electron chi connectivity index (χ4n) is 3.87. The third-order valence-electron chi connectivity index (χ3n) is 5.51.